The van der Waals surface area contributed by atoms with Crippen molar-refractivity contribution < 1.29 is 43.0 Å². The number of rotatable bonds is 17. The number of esters is 2. The summed E-state index contributed by atoms with van der Waals surface area (Å²) in [5.74, 6) is 1.05. The van der Waals surface area contributed by atoms with Crippen molar-refractivity contribution in [3.63, 3.8) is 0 Å². The molecule has 0 spiro atoms. The van der Waals surface area contributed by atoms with Crippen molar-refractivity contribution >= 4 is 11.9 Å². The van der Waals surface area contributed by atoms with Gasteiger partial charge >= 0.3 is 17.9 Å². The van der Waals surface area contributed by atoms with E-state index in [1.165, 1.54) is 0 Å². The van der Waals surface area contributed by atoms with Gasteiger partial charge in [-0.15, -0.1) is 0 Å². The molecular formula is C33H38O9. The summed E-state index contributed by atoms with van der Waals surface area (Å²) in [6.45, 7) is 12.2. The van der Waals surface area contributed by atoms with E-state index in [4.69, 9.17) is 33.5 Å². The molecule has 0 N–H and O–H groups in total. The van der Waals surface area contributed by atoms with Crippen LogP contribution in [0.25, 0.3) is 0 Å². The third-order valence-corrected chi connectivity index (χ3v) is 6.34. The molecule has 0 aliphatic carbocycles. The minimum absolute atomic E-state index is 0.0318. The zero-order valence-corrected chi connectivity index (χ0v) is 24.6. The number of carbonyl (C=O) groups is 2. The largest absolute Gasteiger partial charge is 0.493 e. The predicted octanol–water partition coefficient (Wildman–Crippen LogP) is 6.13. The fourth-order valence-corrected chi connectivity index (χ4v) is 4.23. The molecule has 3 aromatic carbocycles. The molecule has 0 aromatic heterocycles. The molecule has 224 valence electrons. The molecule has 0 heterocycles. The second-order valence-electron chi connectivity index (χ2n) is 9.16. The lowest BCUT2D eigenvalue weighted by Crippen LogP contribution is -2.25. The van der Waals surface area contributed by atoms with Crippen LogP contribution in [-0.2, 0) is 34.3 Å². The Balaban J connectivity index is 1.86. The monoisotopic (exact) mass is 578 g/mol. The molecule has 0 bridgehead atoms. The lowest BCUT2D eigenvalue weighted by Gasteiger charge is -2.32. The van der Waals surface area contributed by atoms with Crippen LogP contribution in [0.3, 0.4) is 0 Å². The Kier molecular flexibility index (Phi) is 12.3. The van der Waals surface area contributed by atoms with Crippen molar-refractivity contribution in [1.29, 1.82) is 0 Å². The van der Waals surface area contributed by atoms with Gasteiger partial charge in [-0.25, -0.2) is 4.79 Å². The van der Waals surface area contributed by atoms with Crippen LogP contribution in [0, 0.1) is 0 Å². The Labute approximate surface area is 246 Å². The number of carbonyl (C=O) groups excluding carboxylic acids is 2. The van der Waals surface area contributed by atoms with Crippen LogP contribution in [0.4, 0.5) is 0 Å². The summed E-state index contributed by atoms with van der Waals surface area (Å²) < 4.78 is 26.9. The fourth-order valence-electron chi connectivity index (χ4n) is 4.23. The molecule has 3 aromatic rings. The predicted molar refractivity (Wildman–Crippen MR) is 156 cm³/mol. The van der Waals surface area contributed by atoms with Gasteiger partial charge in [0.2, 0.25) is 0 Å². The van der Waals surface area contributed by atoms with Crippen molar-refractivity contribution in [3.05, 3.63) is 102 Å². The maximum atomic E-state index is 11.7. The van der Waals surface area contributed by atoms with Crippen LogP contribution < -0.4 is 14.2 Å². The molecule has 9 heteroatoms. The van der Waals surface area contributed by atoms with Crippen molar-refractivity contribution in [2.24, 2.45) is 0 Å². The molecule has 0 saturated heterocycles. The molecule has 0 saturated carbocycles. The fraction of sp³-hybridized carbons (Fsp3) is 0.333. The van der Waals surface area contributed by atoms with Gasteiger partial charge in [0.15, 0.2) is 6.61 Å². The first-order valence-electron chi connectivity index (χ1n) is 13.8. The second kappa shape index (κ2) is 16.1. The average Bonchev–Trinajstić information content (AvgIpc) is 3.00. The zero-order chi connectivity index (χ0) is 30.4. The molecule has 0 aliphatic rings. The highest BCUT2D eigenvalue weighted by atomic mass is 17.2. The third kappa shape index (κ3) is 9.01. The molecule has 0 radical (unpaired) electrons. The van der Waals surface area contributed by atoms with E-state index in [1.807, 2.05) is 72.8 Å². The van der Waals surface area contributed by atoms with E-state index in [1.54, 1.807) is 20.8 Å². The van der Waals surface area contributed by atoms with E-state index in [-0.39, 0.29) is 31.5 Å². The first-order valence-corrected chi connectivity index (χ1v) is 13.8. The van der Waals surface area contributed by atoms with Crippen LogP contribution in [0.15, 0.2) is 85.3 Å². The molecular weight excluding hydrogens is 540 g/mol. The summed E-state index contributed by atoms with van der Waals surface area (Å²) in [4.78, 5) is 33.2. The Morgan fingerprint density at radius 1 is 0.667 bits per heavy atom. The molecule has 9 nitrogen and oxygen atoms in total. The van der Waals surface area contributed by atoms with Gasteiger partial charge in [0.05, 0.1) is 32.8 Å². The highest BCUT2D eigenvalue weighted by molar-refractivity contribution is 5.71. The highest BCUT2D eigenvalue weighted by Gasteiger charge is 2.31. The lowest BCUT2D eigenvalue weighted by atomic mass is 9.71. The summed E-state index contributed by atoms with van der Waals surface area (Å²) in [5, 5.41) is 0. The molecule has 1 atom stereocenters. The molecule has 0 aliphatic heterocycles. The number of hydrogen-bond donors (Lipinski definition) is 0. The molecule has 3 rings (SSSR count). The topological polar surface area (TPSA) is 98.8 Å². The number of benzene rings is 3. The van der Waals surface area contributed by atoms with Gasteiger partial charge in [-0.3, -0.25) is 9.68 Å². The van der Waals surface area contributed by atoms with E-state index in [9.17, 15) is 9.59 Å². The smallest absolute Gasteiger partial charge is 0.344 e. The summed E-state index contributed by atoms with van der Waals surface area (Å²) >= 11 is 0. The van der Waals surface area contributed by atoms with E-state index >= 15 is 0 Å². The van der Waals surface area contributed by atoms with Gasteiger partial charge in [-0.1, -0.05) is 36.4 Å². The summed E-state index contributed by atoms with van der Waals surface area (Å²) in [5.41, 5.74) is 2.38. The normalized spacial score (nSPS) is 12.0. The quantitative estimate of drug-likeness (QED) is 0.0616. The first-order chi connectivity index (χ1) is 20.3. The summed E-state index contributed by atoms with van der Waals surface area (Å²) in [6.07, 6.45) is 0.175. The lowest BCUT2D eigenvalue weighted by molar-refractivity contribution is -0.279. The van der Waals surface area contributed by atoms with Crippen LogP contribution in [0.1, 0.15) is 50.8 Å². The van der Waals surface area contributed by atoms with E-state index in [0.717, 1.165) is 16.7 Å². The SMILES string of the molecule is C=C(OOCC)Oc1ccc([C@@](C)(c2ccc(OCCC(=O)OCC)cc2)c2ccc(OCC(=O)OCC)cc2)cc1. The van der Waals surface area contributed by atoms with Crippen molar-refractivity contribution in [1.82, 2.24) is 0 Å². The highest BCUT2D eigenvalue weighted by Crippen LogP contribution is 2.40. The van der Waals surface area contributed by atoms with E-state index < -0.39 is 11.4 Å². The van der Waals surface area contributed by atoms with Crippen molar-refractivity contribution in [2.45, 2.75) is 39.5 Å². The number of ether oxygens (including phenoxy) is 5. The Morgan fingerprint density at radius 2 is 1.14 bits per heavy atom. The van der Waals surface area contributed by atoms with Crippen LogP contribution >= 0.6 is 0 Å². The summed E-state index contributed by atoms with van der Waals surface area (Å²) in [7, 11) is 0. The maximum Gasteiger partial charge on any atom is 0.344 e. The van der Waals surface area contributed by atoms with Gasteiger partial charge in [-0.2, -0.15) is 4.89 Å². The Hall–Kier alpha value is -4.50. The number of hydrogen-bond acceptors (Lipinski definition) is 9. The molecule has 42 heavy (non-hydrogen) atoms. The third-order valence-electron chi connectivity index (χ3n) is 6.34. The van der Waals surface area contributed by atoms with Crippen molar-refractivity contribution in [3.8, 4) is 17.2 Å². The minimum Gasteiger partial charge on any atom is -0.493 e. The summed E-state index contributed by atoms with van der Waals surface area (Å²) in [6, 6.07) is 22.9. The van der Waals surface area contributed by atoms with Gasteiger partial charge in [-0.05, 0) is 87.4 Å². The second-order valence-corrected chi connectivity index (χ2v) is 9.16. The standard InChI is InChI=1S/C33H38O9/c1-6-36-31(34)21-22-38-28-15-9-25(10-16-28)33(5,26-11-17-29(18-12-26)39-23-32(35)37-7-2)27-13-19-30(20-14-27)41-24(4)42-40-8-3/h9-20H,4,6-8,21-23H2,1-3,5H3/t33-/m0/s1. The van der Waals surface area contributed by atoms with E-state index in [2.05, 4.69) is 13.5 Å². The van der Waals surface area contributed by atoms with Crippen molar-refractivity contribution in [2.75, 3.05) is 33.0 Å². The molecule has 0 unspecified atom stereocenters. The van der Waals surface area contributed by atoms with Crippen LogP contribution in [0.5, 0.6) is 17.2 Å². The Bertz CT molecular complexity index is 1280. The van der Waals surface area contributed by atoms with Gasteiger partial charge in [0.1, 0.15) is 17.2 Å². The van der Waals surface area contributed by atoms with Crippen LogP contribution in [0.2, 0.25) is 0 Å². The van der Waals surface area contributed by atoms with E-state index in [0.29, 0.717) is 37.1 Å². The van der Waals surface area contributed by atoms with Crippen LogP contribution in [-0.4, -0.2) is 45.0 Å². The maximum absolute atomic E-state index is 11.7. The minimum atomic E-state index is -0.597. The zero-order valence-electron chi connectivity index (χ0n) is 24.6. The molecule has 0 fully saturated rings. The average molecular weight is 579 g/mol. The first kappa shape index (κ1) is 32.0. The van der Waals surface area contributed by atoms with Gasteiger partial charge in [0.25, 0.3) is 0 Å². The van der Waals surface area contributed by atoms with Gasteiger partial charge in [0, 0.05) is 5.41 Å². The van der Waals surface area contributed by atoms with Gasteiger partial charge < -0.3 is 23.7 Å². The molecule has 0 amide bonds. The Morgan fingerprint density at radius 3 is 1.64 bits per heavy atom.